The summed E-state index contributed by atoms with van der Waals surface area (Å²) in [5.41, 5.74) is 8.10. The molecule has 1 heterocycles. The Kier molecular flexibility index (Phi) is 3.60. The summed E-state index contributed by atoms with van der Waals surface area (Å²) in [6.45, 7) is -0.403. The molecule has 10 heteroatoms. The molecule has 4 N–H and O–H groups in total. The van der Waals surface area contributed by atoms with Crippen molar-refractivity contribution in [2.75, 3.05) is 5.73 Å². The highest BCUT2D eigenvalue weighted by Crippen LogP contribution is 2.41. The summed E-state index contributed by atoms with van der Waals surface area (Å²) in [4.78, 5) is 3.28. The summed E-state index contributed by atoms with van der Waals surface area (Å²) in [6.07, 6.45) is -10.4. The van der Waals surface area contributed by atoms with Crippen LogP contribution in [0.5, 0.6) is 5.75 Å². The van der Waals surface area contributed by atoms with Gasteiger partial charge in [0, 0.05) is 6.54 Å². The second-order valence-corrected chi connectivity index (χ2v) is 3.13. The molecule has 0 radical (unpaired) electrons. The molecule has 0 aliphatic heterocycles. The molecule has 0 aliphatic carbocycles. The SMILES string of the molecule is NCc1cc(C(F)(F)F)c(OC(F)(F)F)c(N)n1. The first-order chi connectivity index (χ1) is 8.04. The lowest BCUT2D eigenvalue weighted by molar-refractivity contribution is -0.276. The third-order valence-corrected chi connectivity index (χ3v) is 1.78. The van der Waals surface area contributed by atoms with Gasteiger partial charge in [-0.05, 0) is 6.07 Å². The number of alkyl halides is 6. The summed E-state index contributed by atoms with van der Waals surface area (Å²) in [7, 11) is 0. The first kappa shape index (κ1) is 14.4. The summed E-state index contributed by atoms with van der Waals surface area (Å²) in [6, 6.07) is 0.359. The summed E-state index contributed by atoms with van der Waals surface area (Å²) < 4.78 is 76.8. The quantitative estimate of drug-likeness (QED) is 0.810. The van der Waals surface area contributed by atoms with Crippen molar-refractivity contribution in [1.29, 1.82) is 0 Å². The second kappa shape index (κ2) is 4.52. The first-order valence-corrected chi connectivity index (χ1v) is 4.37. The van der Waals surface area contributed by atoms with Gasteiger partial charge in [-0.2, -0.15) is 13.2 Å². The van der Waals surface area contributed by atoms with Gasteiger partial charge in [0.25, 0.3) is 0 Å². The van der Waals surface area contributed by atoms with Crippen LogP contribution in [0.2, 0.25) is 0 Å². The summed E-state index contributed by atoms with van der Waals surface area (Å²) >= 11 is 0. The van der Waals surface area contributed by atoms with Crippen LogP contribution < -0.4 is 16.2 Å². The number of aromatic nitrogens is 1. The lowest BCUT2D eigenvalue weighted by Gasteiger charge is -2.17. The maximum Gasteiger partial charge on any atom is 0.573 e. The number of pyridine rings is 1. The number of hydrogen-bond donors (Lipinski definition) is 2. The van der Waals surface area contributed by atoms with Crippen molar-refractivity contribution in [3.63, 3.8) is 0 Å². The minimum Gasteiger partial charge on any atom is -0.401 e. The van der Waals surface area contributed by atoms with Crippen LogP contribution in [0.3, 0.4) is 0 Å². The van der Waals surface area contributed by atoms with E-state index in [0.717, 1.165) is 0 Å². The van der Waals surface area contributed by atoms with Crippen molar-refractivity contribution in [3.05, 3.63) is 17.3 Å². The molecule has 4 nitrogen and oxygen atoms in total. The number of halogens is 6. The Balaban J connectivity index is 3.39. The number of nitrogens with two attached hydrogens (primary N) is 2. The Morgan fingerprint density at radius 1 is 1.17 bits per heavy atom. The fraction of sp³-hybridized carbons (Fsp3) is 0.375. The Morgan fingerprint density at radius 2 is 1.72 bits per heavy atom. The molecule has 18 heavy (non-hydrogen) atoms. The maximum absolute atomic E-state index is 12.5. The topological polar surface area (TPSA) is 74.2 Å². The fourth-order valence-corrected chi connectivity index (χ4v) is 1.15. The highest BCUT2D eigenvalue weighted by molar-refractivity contribution is 5.53. The predicted molar refractivity (Wildman–Crippen MR) is 48.2 cm³/mol. The number of rotatable bonds is 2. The van der Waals surface area contributed by atoms with Crippen molar-refractivity contribution in [3.8, 4) is 5.75 Å². The molecule has 1 rings (SSSR count). The Hall–Kier alpha value is -1.71. The first-order valence-electron chi connectivity index (χ1n) is 4.37. The molecule has 0 unspecified atom stereocenters. The zero-order chi connectivity index (χ0) is 14.1. The van der Waals surface area contributed by atoms with Gasteiger partial charge in [0.15, 0.2) is 11.6 Å². The highest BCUT2D eigenvalue weighted by Gasteiger charge is 2.41. The van der Waals surface area contributed by atoms with E-state index in [1.54, 1.807) is 0 Å². The molecular weight excluding hydrogens is 268 g/mol. The van der Waals surface area contributed by atoms with E-state index in [9.17, 15) is 26.3 Å². The predicted octanol–water partition coefficient (Wildman–Crippen LogP) is 2.04. The average Bonchev–Trinajstić information content (AvgIpc) is 2.17. The number of nitrogens with zero attached hydrogens (tertiary/aromatic N) is 1. The van der Waals surface area contributed by atoms with E-state index in [2.05, 4.69) is 9.72 Å². The van der Waals surface area contributed by atoms with Gasteiger partial charge in [-0.3, -0.25) is 0 Å². The monoisotopic (exact) mass is 275 g/mol. The molecule has 0 fully saturated rings. The third kappa shape index (κ3) is 3.39. The fourth-order valence-electron chi connectivity index (χ4n) is 1.15. The zero-order valence-corrected chi connectivity index (χ0v) is 8.56. The summed E-state index contributed by atoms with van der Waals surface area (Å²) in [5.74, 6) is -2.60. The molecule has 0 spiro atoms. The van der Waals surface area contributed by atoms with Gasteiger partial charge in [0.05, 0.1) is 5.69 Å². The number of anilines is 1. The van der Waals surface area contributed by atoms with Crippen LogP contribution >= 0.6 is 0 Å². The van der Waals surface area contributed by atoms with Crippen molar-refractivity contribution >= 4 is 5.82 Å². The van der Waals surface area contributed by atoms with Crippen molar-refractivity contribution < 1.29 is 31.1 Å². The maximum atomic E-state index is 12.5. The minimum absolute atomic E-state index is 0.297. The largest absolute Gasteiger partial charge is 0.573 e. The molecule has 0 saturated heterocycles. The van der Waals surface area contributed by atoms with Gasteiger partial charge in [-0.25, -0.2) is 4.98 Å². The van der Waals surface area contributed by atoms with Gasteiger partial charge in [0.2, 0.25) is 0 Å². The van der Waals surface area contributed by atoms with Gasteiger partial charge in [-0.1, -0.05) is 0 Å². The lowest BCUT2D eigenvalue weighted by atomic mass is 10.2. The van der Waals surface area contributed by atoms with E-state index in [-0.39, 0.29) is 5.69 Å². The molecule has 0 aliphatic rings. The number of nitrogen functional groups attached to an aromatic ring is 1. The van der Waals surface area contributed by atoms with E-state index in [1.165, 1.54) is 0 Å². The molecule has 0 saturated carbocycles. The molecule has 0 aromatic carbocycles. The molecule has 0 atom stereocenters. The standard InChI is InChI=1S/C8H7F6N3O/c9-7(10,11)4-1-3(2-15)17-6(16)5(4)18-8(12,13)14/h1H,2,15H2,(H2,16,17). The molecule has 0 bridgehead atoms. The van der Waals surface area contributed by atoms with Crippen molar-refractivity contribution in [2.24, 2.45) is 5.73 Å². The number of ether oxygens (including phenoxy) is 1. The van der Waals surface area contributed by atoms with Gasteiger partial charge in [-0.15, -0.1) is 13.2 Å². The molecule has 102 valence electrons. The van der Waals surface area contributed by atoms with E-state index in [0.29, 0.717) is 6.07 Å². The van der Waals surface area contributed by atoms with Crippen molar-refractivity contribution in [1.82, 2.24) is 4.98 Å². The Morgan fingerprint density at radius 3 is 2.11 bits per heavy atom. The van der Waals surface area contributed by atoms with Crippen LogP contribution in [0.15, 0.2) is 6.07 Å². The van der Waals surface area contributed by atoms with E-state index >= 15 is 0 Å². The highest BCUT2D eigenvalue weighted by atomic mass is 19.4. The zero-order valence-electron chi connectivity index (χ0n) is 8.56. The smallest absolute Gasteiger partial charge is 0.401 e. The van der Waals surface area contributed by atoms with Crippen LogP contribution in [0, 0.1) is 0 Å². The average molecular weight is 275 g/mol. The van der Waals surface area contributed by atoms with Crippen LogP contribution in [-0.4, -0.2) is 11.3 Å². The molecular formula is C8H7F6N3O. The molecule has 1 aromatic heterocycles. The van der Waals surface area contributed by atoms with E-state index in [4.69, 9.17) is 11.5 Å². The Bertz CT molecular complexity index is 442. The number of hydrogen-bond acceptors (Lipinski definition) is 4. The van der Waals surface area contributed by atoms with E-state index in [1.807, 2.05) is 0 Å². The lowest BCUT2D eigenvalue weighted by Crippen LogP contribution is -2.22. The van der Waals surface area contributed by atoms with Crippen molar-refractivity contribution in [2.45, 2.75) is 19.1 Å². The minimum atomic E-state index is -5.31. The van der Waals surface area contributed by atoms with Crippen LogP contribution in [0.25, 0.3) is 0 Å². The van der Waals surface area contributed by atoms with Gasteiger partial charge in [0.1, 0.15) is 5.56 Å². The third-order valence-electron chi connectivity index (χ3n) is 1.78. The van der Waals surface area contributed by atoms with Crippen LogP contribution in [-0.2, 0) is 12.7 Å². The second-order valence-electron chi connectivity index (χ2n) is 3.13. The molecule has 0 amide bonds. The van der Waals surface area contributed by atoms with Crippen LogP contribution in [0.4, 0.5) is 32.2 Å². The molecule has 1 aromatic rings. The normalized spacial score (nSPS) is 12.6. The summed E-state index contributed by atoms with van der Waals surface area (Å²) in [5, 5.41) is 0. The van der Waals surface area contributed by atoms with Crippen LogP contribution in [0.1, 0.15) is 11.3 Å². The van der Waals surface area contributed by atoms with E-state index < -0.39 is 36.2 Å². The van der Waals surface area contributed by atoms with Gasteiger partial charge >= 0.3 is 12.5 Å². The Labute approximate surface area is 96.5 Å². The van der Waals surface area contributed by atoms with Gasteiger partial charge < -0.3 is 16.2 Å².